The standard InChI is InChI=1S/C11H18N2OS/c1-4-5-13-7-10(6-12-13)11(14)8-15-9(2)3/h6-7,9H,4-5,8H2,1-3H3. The number of nitrogens with zero attached hydrogens (tertiary/aromatic N) is 2. The van der Waals surface area contributed by atoms with Crippen molar-refractivity contribution >= 4 is 17.5 Å². The number of thioether (sulfide) groups is 1. The monoisotopic (exact) mass is 226 g/mol. The Labute approximate surface area is 95.2 Å². The number of carbonyl (C=O) groups excluding carboxylic acids is 1. The number of rotatable bonds is 6. The molecule has 1 aromatic rings. The summed E-state index contributed by atoms with van der Waals surface area (Å²) in [5.41, 5.74) is 0.733. The second-order valence-corrected chi connectivity index (χ2v) is 5.34. The highest BCUT2D eigenvalue weighted by molar-refractivity contribution is 8.00. The van der Waals surface area contributed by atoms with E-state index < -0.39 is 0 Å². The van der Waals surface area contributed by atoms with E-state index in [1.54, 1.807) is 18.0 Å². The molecule has 3 nitrogen and oxygen atoms in total. The Hall–Kier alpha value is -0.770. The third kappa shape index (κ3) is 4.08. The minimum atomic E-state index is 0.177. The SMILES string of the molecule is CCCn1cc(C(=O)CSC(C)C)cn1. The van der Waals surface area contributed by atoms with Crippen molar-refractivity contribution in [3.05, 3.63) is 18.0 Å². The van der Waals surface area contributed by atoms with Crippen LogP contribution in [0, 0.1) is 0 Å². The first-order valence-corrected chi connectivity index (χ1v) is 6.35. The molecule has 1 rings (SSSR count). The molecule has 1 heterocycles. The summed E-state index contributed by atoms with van der Waals surface area (Å²) in [6.07, 6.45) is 4.54. The van der Waals surface area contributed by atoms with E-state index in [1.165, 1.54) is 0 Å². The minimum Gasteiger partial charge on any atom is -0.293 e. The van der Waals surface area contributed by atoms with Gasteiger partial charge in [-0.15, -0.1) is 0 Å². The number of aryl methyl sites for hydroxylation is 1. The fourth-order valence-electron chi connectivity index (χ4n) is 1.18. The van der Waals surface area contributed by atoms with E-state index in [0.29, 0.717) is 11.0 Å². The zero-order chi connectivity index (χ0) is 11.3. The maximum absolute atomic E-state index is 11.7. The predicted octanol–water partition coefficient (Wildman–Crippen LogP) is 2.62. The highest BCUT2D eigenvalue weighted by Gasteiger charge is 2.09. The Balaban J connectivity index is 2.50. The van der Waals surface area contributed by atoms with Gasteiger partial charge in [-0.1, -0.05) is 20.8 Å². The Morgan fingerprint density at radius 2 is 2.33 bits per heavy atom. The van der Waals surface area contributed by atoms with Crippen LogP contribution in [-0.4, -0.2) is 26.6 Å². The van der Waals surface area contributed by atoms with Crippen molar-refractivity contribution in [3.63, 3.8) is 0 Å². The van der Waals surface area contributed by atoms with E-state index in [9.17, 15) is 4.79 Å². The molecule has 0 amide bonds. The summed E-state index contributed by atoms with van der Waals surface area (Å²) in [6.45, 7) is 7.17. The van der Waals surface area contributed by atoms with Crippen molar-refractivity contribution in [3.8, 4) is 0 Å². The summed E-state index contributed by atoms with van der Waals surface area (Å²) in [5.74, 6) is 0.728. The van der Waals surface area contributed by atoms with Crippen LogP contribution in [0.1, 0.15) is 37.6 Å². The van der Waals surface area contributed by atoms with Crippen molar-refractivity contribution in [2.24, 2.45) is 0 Å². The predicted molar refractivity (Wildman–Crippen MR) is 64.4 cm³/mol. The van der Waals surface area contributed by atoms with E-state index in [0.717, 1.165) is 18.5 Å². The molecule has 0 fully saturated rings. The molecular weight excluding hydrogens is 208 g/mol. The van der Waals surface area contributed by atoms with Gasteiger partial charge in [-0.3, -0.25) is 9.48 Å². The van der Waals surface area contributed by atoms with Gasteiger partial charge in [-0.2, -0.15) is 16.9 Å². The second-order valence-electron chi connectivity index (χ2n) is 3.78. The van der Waals surface area contributed by atoms with Crippen LogP contribution in [0.25, 0.3) is 0 Å². The van der Waals surface area contributed by atoms with Gasteiger partial charge >= 0.3 is 0 Å². The Morgan fingerprint density at radius 3 is 2.93 bits per heavy atom. The molecule has 84 valence electrons. The van der Waals surface area contributed by atoms with Crippen LogP contribution in [0.5, 0.6) is 0 Å². The molecule has 0 radical (unpaired) electrons. The fraction of sp³-hybridized carbons (Fsp3) is 0.636. The summed E-state index contributed by atoms with van der Waals surface area (Å²) in [6, 6.07) is 0. The molecule has 0 unspecified atom stereocenters. The summed E-state index contributed by atoms with van der Waals surface area (Å²) < 4.78 is 1.83. The average molecular weight is 226 g/mol. The van der Waals surface area contributed by atoms with E-state index in [1.807, 2.05) is 10.9 Å². The summed E-state index contributed by atoms with van der Waals surface area (Å²) in [4.78, 5) is 11.7. The Morgan fingerprint density at radius 1 is 1.60 bits per heavy atom. The lowest BCUT2D eigenvalue weighted by Crippen LogP contribution is -2.04. The van der Waals surface area contributed by atoms with E-state index in [-0.39, 0.29) is 5.78 Å². The molecule has 0 bridgehead atoms. The lowest BCUT2D eigenvalue weighted by Gasteiger charge is -2.01. The van der Waals surface area contributed by atoms with Crippen LogP contribution in [-0.2, 0) is 6.54 Å². The summed E-state index contributed by atoms with van der Waals surface area (Å²) in [7, 11) is 0. The average Bonchev–Trinajstić information content (AvgIpc) is 2.63. The first-order valence-electron chi connectivity index (χ1n) is 5.30. The molecular formula is C11H18N2OS. The van der Waals surface area contributed by atoms with Crippen molar-refractivity contribution in [1.29, 1.82) is 0 Å². The van der Waals surface area contributed by atoms with Gasteiger partial charge in [-0.25, -0.2) is 0 Å². The molecule has 0 saturated carbocycles. The van der Waals surface area contributed by atoms with E-state index in [4.69, 9.17) is 0 Å². The lowest BCUT2D eigenvalue weighted by atomic mass is 10.3. The molecule has 0 N–H and O–H groups in total. The van der Waals surface area contributed by atoms with E-state index in [2.05, 4.69) is 25.9 Å². The molecule has 0 atom stereocenters. The van der Waals surface area contributed by atoms with Gasteiger partial charge in [0.25, 0.3) is 0 Å². The van der Waals surface area contributed by atoms with Crippen molar-refractivity contribution < 1.29 is 4.79 Å². The molecule has 15 heavy (non-hydrogen) atoms. The van der Waals surface area contributed by atoms with Gasteiger partial charge in [0.05, 0.1) is 17.5 Å². The highest BCUT2D eigenvalue weighted by atomic mass is 32.2. The molecule has 0 aliphatic carbocycles. The zero-order valence-corrected chi connectivity index (χ0v) is 10.4. The molecule has 0 aliphatic rings. The molecule has 4 heteroatoms. The molecule has 1 aromatic heterocycles. The van der Waals surface area contributed by atoms with Gasteiger partial charge in [0.2, 0.25) is 0 Å². The zero-order valence-electron chi connectivity index (χ0n) is 9.56. The quantitative estimate of drug-likeness (QED) is 0.699. The first-order chi connectivity index (χ1) is 7.13. The normalized spacial score (nSPS) is 10.9. The minimum absolute atomic E-state index is 0.177. The largest absolute Gasteiger partial charge is 0.293 e. The summed E-state index contributed by atoms with van der Waals surface area (Å²) >= 11 is 1.67. The van der Waals surface area contributed by atoms with Gasteiger partial charge in [0.15, 0.2) is 5.78 Å². The van der Waals surface area contributed by atoms with Crippen molar-refractivity contribution in [2.45, 2.75) is 39.0 Å². The highest BCUT2D eigenvalue weighted by Crippen LogP contribution is 2.12. The number of Topliss-reactive ketones (excluding diaryl/α,β-unsaturated/α-hetero) is 1. The van der Waals surface area contributed by atoms with Crippen LogP contribution >= 0.6 is 11.8 Å². The maximum Gasteiger partial charge on any atom is 0.175 e. The van der Waals surface area contributed by atoms with Crippen LogP contribution in [0.4, 0.5) is 0 Å². The van der Waals surface area contributed by atoms with Crippen LogP contribution in [0.15, 0.2) is 12.4 Å². The number of ketones is 1. The van der Waals surface area contributed by atoms with Crippen LogP contribution in [0.3, 0.4) is 0 Å². The van der Waals surface area contributed by atoms with E-state index >= 15 is 0 Å². The molecule has 0 aliphatic heterocycles. The van der Waals surface area contributed by atoms with Crippen LogP contribution < -0.4 is 0 Å². The number of aromatic nitrogens is 2. The fourth-order valence-corrected chi connectivity index (χ4v) is 1.84. The molecule has 0 saturated heterocycles. The number of hydrogen-bond donors (Lipinski definition) is 0. The van der Waals surface area contributed by atoms with Gasteiger partial charge in [-0.05, 0) is 11.7 Å². The lowest BCUT2D eigenvalue weighted by molar-refractivity contribution is 0.102. The third-order valence-corrected chi connectivity index (χ3v) is 3.05. The topological polar surface area (TPSA) is 34.9 Å². The summed E-state index contributed by atoms with van der Waals surface area (Å²) in [5, 5.41) is 4.64. The van der Waals surface area contributed by atoms with Gasteiger partial charge in [0, 0.05) is 12.7 Å². The smallest absolute Gasteiger partial charge is 0.175 e. The van der Waals surface area contributed by atoms with Crippen molar-refractivity contribution in [2.75, 3.05) is 5.75 Å². The Bertz CT molecular complexity index is 320. The van der Waals surface area contributed by atoms with Gasteiger partial charge in [0.1, 0.15) is 0 Å². The van der Waals surface area contributed by atoms with Crippen LogP contribution in [0.2, 0.25) is 0 Å². The van der Waals surface area contributed by atoms with Crippen molar-refractivity contribution in [1.82, 2.24) is 9.78 Å². The third-order valence-electron chi connectivity index (χ3n) is 1.96. The molecule has 0 aromatic carbocycles. The second kappa shape index (κ2) is 5.95. The molecule has 0 spiro atoms. The Kier molecular flexibility index (Phi) is 4.88. The first kappa shape index (κ1) is 12.3. The number of carbonyl (C=O) groups is 1. The van der Waals surface area contributed by atoms with Gasteiger partial charge < -0.3 is 0 Å². The number of hydrogen-bond acceptors (Lipinski definition) is 3. The maximum atomic E-state index is 11.7.